The van der Waals surface area contributed by atoms with Gasteiger partial charge in [-0.1, -0.05) is 216 Å². The van der Waals surface area contributed by atoms with Gasteiger partial charge in [-0.15, -0.1) is 0 Å². The van der Waals surface area contributed by atoms with E-state index in [4.69, 9.17) is 4.74 Å². The number of hydrogen-bond donors (Lipinski definition) is 3. The minimum absolute atomic E-state index is 0.0548. The van der Waals surface area contributed by atoms with Gasteiger partial charge in [0.05, 0.1) is 25.2 Å². The Morgan fingerprint density at radius 3 is 1.46 bits per heavy atom. The van der Waals surface area contributed by atoms with E-state index in [1.54, 1.807) is 0 Å². The first-order valence-corrected chi connectivity index (χ1v) is 25.1. The second kappa shape index (κ2) is 46.6. The van der Waals surface area contributed by atoms with Gasteiger partial charge in [-0.3, -0.25) is 9.59 Å². The third-order valence-electron chi connectivity index (χ3n) is 11.2. The zero-order valence-electron chi connectivity index (χ0n) is 38.9. The average Bonchev–Trinajstić information content (AvgIpc) is 3.23. The Hall–Kier alpha value is -2.44. The molecule has 0 saturated heterocycles. The van der Waals surface area contributed by atoms with E-state index in [1.807, 2.05) is 24.3 Å². The highest BCUT2D eigenvalue weighted by Gasteiger charge is 2.24. The van der Waals surface area contributed by atoms with E-state index in [0.717, 1.165) is 77.0 Å². The molecule has 0 rings (SSSR count). The summed E-state index contributed by atoms with van der Waals surface area (Å²) in [5, 5.41) is 23.7. The van der Waals surface area contributed by atoms with Crippen molar-refractivity contribution in [1.29, 1.82) is 0 Å². The SMILES string of the molecule is CC/C=C/C=C/C=C\C=C/CCCCCC(=O)OC(CCCCCCC/C=C\CCCCCC)CC(=O)NC(CO)C(O)CCCCCCCCCCCCCCCC. The number of carbonyl (C=O) groups excluding carboxylic acids is 2. The molecule has 0 spiro atoms. The lowest BCUT2D eigenvalue weighted by Gasteiger charge is -2.24. The first-order valence-electron chi connectivity index (χ1n) is 25.1. The molecule has 0 fully saturated rings. The van der Waals surface area contributed by atoms with Gasteiger partial charge in [-0.2, -0.15) is 0 Å². The first-order chi connectivity index (χ1) is 29.0. The number of rotatable bonds is 44. The fourth-order valence-electron chi connectivity index (χ4n) is 7.38. The van der Waals surface area contributed by atoms with Gasteiger partial charge in [0.15, 0.2) is 0 Å². The lowest BCUT2D eigenvalue weighted by atomic mass is 10.0. The number of allylic oxidation sites excluding steroid dienone is 10. The zero-order chi connectivity index (χ0) is 43.1. The molecule has 0 aromatic carbocycles. The molecule has 342 valence electrons. The van der Waals surface area contributed by atoms with Crippen molar-refractivity contribution in [1.82, 2.24) is 5.32 Å². The summed E-state index contributed by atoms with van der Waals surface area (Å²) in [6, 6.07) is -0.713. The normalized spacial score (nSPS) is 13.8. The fraction of sp³-hybridized carbons (Fsp3) is 0.774. The molecule has 0 bridgehead atoms. The fourth-order valence-corrected chi connectivity index (χ4v) is 7.38. The second-order valence-electron chi connectivity index (χ2n) is 16.9. The first kappa shape index (κ1) is 56.6. The molecule has 1 amide bonds. The number of esters is 1. The summed E-state index contributed by atoms with van der Waals surface area (Å²) in [6.07, 6.45) is 57.0. The molecule has 6 heteroatoms. The van der Waals surface area contributed by atoms with E-state index in [1.165, 1.54) is 116 Å². The standard InChI is InChI=1S/C53H95NO5/c1-4-7-10-13-16-19-22-25-28-30-33-36-39-42-45-51(56)50(48-55)54-52(57)47-49(44-41-38-35-32-29-26-23-20-17-14-11-8-5-2)59-53(58)46-43-40-37-34-31-27-24-21-18-15-12-9-6-3/h9,12,15,18,20-21,23-24,27,31,49-51,55-56H,4-8,10-11,13-14,16-17,19,22,25-26,28-30,32-48H2,1-3H3,(H,54,57)/b12-9+,18-15+,23-20-,24-21-,31-27-. The van der Waals surface area contributed by atoms with Crippen molar-refractivity contribution in [3.63, 3.8) is 0 Å². The van der Waals surface area contributed by atoms with Crippen LogP contribution in [-0.2, 0) is 14.3 Å². The predicted octanol–water partition coefficient (Wildman–Crippen LogP) is 14.8. The highest BCUT2D eigenvalue weighted by atomic mass is 16.5. The molecule has 0 aliphatic rings. The molecule has 3 unspecified atom stereocenters. The van der Waals surface area contributed by atoms with E-state index >= 15 is 0 Å². The average molecular weight is 826 g/mol. The monoisotopic (exact) mass is 826 g/mol. The Kier molecular flexibility index (Phi) is 44.7. The van der Waals surface area contributed by atoms with Gasteiger partial charge in [-0.25, -0.2) is 0 Å². The van der Waals surface area contributed by atoms with Gasteiger partial charge < -0.3 is 20.3 Å². The van der Waals surface area contributed by atoms with Crippen LogP contribution in [0.2, 0.25) is 0 Å². The number of nitrogens with one attached hydrogen (secondary N) is 1. The van der Waals surface area contributed by atoms with Crippen LogP contribution >= 0.6 is 0 Å². The Morgan fingerprint density at radius 1 is 0.508 bits per heavy atom. The summed E-state index contributed by atoms with van der Waals surface area (Å²) < 4.78 is 5.90. The molecule has 0 saturated carbocycles. The van der Waals surface area contributed by atoms with Crippen molar-refractivity contribution in [2.24, 2.45) is 0 Å². The summed E-state index contributed by atoms with van der Waals surface area (Å²) in [7, 11) is 0. The highest BCUT2D eigenvalue weighted by Crippen LogP contribution is 2.17. The Labute approximate surface area is 365 Å². The van der Waals surface area contributed by atoms with Crippen LogP contribution in [0.5, 0.6) is 0 Å². The largest absolute Gasteiger partial charge is 0.462 e. The molecular weight excluding hydrogens is 731 g/mol. The van der Waals surface area contributed by atoms with Crippen molar-refractivity contribution in [2.45, 2.75) is 257 Å². The van der Waals surface area contributed by atoms with E-state index in [0.29, 0.717) is 19.3 Å². The Morgan fingerprint density at radius 2 is 0.932 bits per heavy atom. The number of unbranched alkanes of at least 4 members (excludes halogenated alkanes) is 25. The zero-order valence-corrected chi connectivity index (χ0v) is 38.9. The maximum Gasteiger partial charge on any atom is 0.306 e. The van der Waals surface area contributed by atoms with E-state index < -0.39 is 18.2 Å². The molecule has 3 atom stereocenters. The van der Waals surface area contributed by atoms with Gasteiger partial charge in [0.1, 0.15) is 6.10 Å². The number of aliphatic hydroxyl groups is 2. The van der Waals surface area contributed by atoms with Crippen LogP contribution in [0.25, 0.3) is 0 Å². The number of ether oxygens (including phenoxy) is 1. The topological polar surface area (TPSA) is 95.9 Å². The lowest BCUT2D eigenvalue weighted by Crippen LogP contribution is -2.46. The van der Waals surface area contributed by atoms with Crippen LogP contribution in [0.4, 0.5) is 0 Å². The quantitative estimate of drug-likeness (QED) is 0.0246. The summed E-state index contributed by atoms with van der Waals surface area (Å²) in [5.74, 6) is -0.527. The van der Waals surface area contributed by atoms with Crippen LogP contribution in [0.15, 0.2) is 60.8 Å². The molecule has 0 aromatic heterocycles. The van der Waals surface area contributed by atoms with Crippen LogP contribution in [0, 0.1) is 0 Å². The molecule has 6 nitrogen and oxygen atoms in total. The smallest absolute Gasteiger partial charge is 0.306 e. The lowest BCUT2D eigenvalue weighted by molar-refractivity contribution is -0.151. The highest BCUT2D eigenvalue weighted by molar-refractivity contribution is 5.77. The van der Waals surface area contributed by atoms with Crippen molar-refractivity contribution < 1.29 is 24.5 Å². The molecule has 0 heterocycles. The van der Waals surface area contributed by atoms with E-state index in [2.05, 4.69) is 62.5 Å². The molecule has 0 aliphatic carbocycles. The van der Waals surface area contributed by atoms with Gasteiger partial charge in [0.2, 0.25) is 5.91 Å². The summed E-state index contributed by atoms with van der Waals surface area (Å²) in [5.41, 5.74) is 0. The minimum atomic E-state index is -0.797. The Bertz CT molecular complexity index is 1060. The minimum Gasteiger partial charge on any atom is -0.462 e. The van der Waals surface area contributed by atoms with Crippen molar-refractivity contribution >= 4 is 11.9 Å². The Balaban J connectivity index is 4.63. The van der Waals surface area contributed by atoms with Gasteiger partial charge >= 0.3 is 5.97 Å². The van der Waals surface area contributed by atoms with Gasteiger partial charge in [0, 0.05) is 6.42 Å². The molecule has 0 aliphatic heterocycles. The predicted molar refractivity (Wildman–Crippen MR) is 255 cm³/mol. The third kappa shape index (κ3) is 42.1. The summed E-state index contributed by atoms with van der Waals surface area (Å²) >= 11 is 0. The van der Waals surface area contributed by atoms with E-state index in [9.17, 15) is 19.8 Å². The summed E-state index contributed by atoms with van der Waals surface area (Å²) in [4.78, 5) is 26.1. The maximum absolute atomic E-state index is 13.2. The molecular formula is C53H95NO5. The molecule has 0 aromatic rings. The van der Waals surface area contributed by atoms with Crippen LogP contribution < -0.4 is 5.32 Å². The van der Waals surface area contributed by atoms with Crippen LogP contribution in [0.1, 0.15) is 239 Å². The molecule has 59 heavy (non-hydrogen) atoms. The van der Waals surface area contributed by atoms with Crippen LogP contribution in [-0.4, -0.2) is 46.9 Å². The second-order valence-corrected chi connectivity index (χ2v) is 16.9. The van der Waals surface area contributed by atoms with Crippen molar-refractivity contribution in [2.75, 3.05) is 6.61 Å². The number of carbonyl (C=O) groups is 2. The van der Waals surface area contributed by atoms with Gasteiger partial charge in [-0.05, 0) is 70.6 Å². The number of aliphatic hydroxyl groups excluding tert-OH is 2. The van der Waals surface area contributed by atoms with Gasteiger partial charge in [0.25, 0.3) is 0 Å². The molecule has 0 radical (unpaired) electrons. The number of amides is 1. The van der Waals surface area contributed by atoms with Crippen molar-refractivity contribution in [3.05, 3.63) is 60.8 Å². The third-order valence-corrected chi connectivity index (χ3v) is 11.2. The maximum atomic E-state index is 13.2. The van der Waals surface area contributed by atoms with Crippen LogP contribution in [0.3, 0.4) is 0 Å². The van der Waals surface area contributed by atoms with Crippen molar-refractivity contribution in [3.8, 4) is 0 Å². The number of hydrogen-bond acceptors (Lipinski definition) is 5. The summed E-state index contributed by atoms with van der Waals surface area (Å²) in [6.45, 7) is 6.32. The van der Waals surface area contributed by atoms with E-state index in [-0.39, 0.29) is 24.9 Å². The molecule has 3 N–H and O–H groups in total.